The summed E-state index contributed by atoms with van der Waals surface area (Å²) in [6.45, 7) is 0.970. The van der Waals surface area contributed by atoms with E-state index in [4.69, 9.17) is 4.42 Å². The molecule has 1 aromatic carbocycles. The fraction of sp³-hybridized carbons (Fsp3) is 0.263. The van der Waals surface area contributed by atoms with Gasteiger partial charge >= 0.3 is 0 Å². The van der Waals surface area contributed by atoms with Gasteiger partial charge in [-0.2, -0.15) is 5.10 Å². The molecule has 3 aromatic rings. The van der Waals surface area contributed by atoms with E-state index in [0.717, 1.165) is 6.07 Å². The number of likely N-dealkylation sites (N-methyl/N-ethyl adjacent to an activating group) is 1. The smallest absolute Gasteiger partial charge is 0.274 e. The quantitative estimate of drug-likeness (QED) is 0.690. The van der Waals surface area contributed by atoms with Gasteiger partial charge in [-0.1, -0.05) is 6.07 Å². The first-order valence-corrected chi connectivity index (χ1v) is 8.41. The molecule has 0 fully saturated rings. The van der Waals surface area contributed by atoms with Gasteiger partial charge in [0.05, 0.1) is 6.26 Å². The van der Waals surface area contributed by atoms with Crippen molar-refractivity contribution in [1.82, 2.24) is 20.0 Å². The Morgan fingerprint density at radius 2 is 2.00 bits per heavy atom. The summed E-state index contributed by atoms with van der Waals surface area (Å²) in [6, 6.07) is 8.41. The fourth-order valence-electron chi connectivity index (χ4n) is 2.58. The van der Waals surface area contributed by atoms with Crippen LogP contribution in [0.2, 0.25) is 0 Å². The zero-order chi connectivity index (χ0) is 19.4. The molecule has 27 heavy (non-hydrogen) atoms. The fourth-order valence-corrected chi connectivity index (χ4v) is 2.58. The molecule has 6 nitrogen and oxygen atoms in total. The normalized spacial score (nSPS) is 11.1. The number of nitrogens with zero attached hydrogens (tertiary/aromatic N) is 3. The SMILES string of the molecule is CN(C)CCN(Cc1ccc(F)cc1F)C(=O)c1cc(-c2ccco2)[nH]n1. The molecule has 0 aliphatic carbocycles. The van der Waals surface area contributed by atoms with Crippen LogP contribution in [0.4, 0.5) is 8.78 Å². The highest BCUT2D eigenvalue weighted by molar-refractivity contribution is 5.93. The highest BCUT2D eigenvalue weighted by Crippen LogP contribution is 2.19. The molecule has 2 aromatic heterocycles. The Balaban J connectivity index is 1.82. The topological polar surface area (TPSA) is 65.4 Å². The van der Waals surface area contributed by atoms with Crippen LogP contribution in [0.1, 0.15) is 16.1 Å². The second-order valence-corrected chi connectivity index (χ2v) is 6.41. The van der Waals surface area contributed by atoms with Crippen molar-refractivity contribution < 1.29 is 18.0 Å². The van der Waals surface area contributed by atoms with Gasteiger partial charge in [-0.25, -0.2) is 8.78 Å². The van der Waals surface area contributed by atoms with Crippen LogP contribution in [0, 0.1) is 11.6 Å². The molecule has 0 radical (unpaired) electrons. The Kier molecular flexibility index (Phi) is 5.66. The van der Waals surface area contributed by atoms with Crippen molar-refractivity contribution in [3.8, 4) is 11.5 Å². The molecule has 0 aliphatic rings. The van der Waals surface area contributed by atoms with Gasteiger partial charge in [0.2, 0.25) is 0 Å². The molecule has 0 saturated heterocycles. The zero-order valence-corrected chi connectivity index (χ0v) is 15.1. The molecule has 0 aliphatic heterocycles. The molecular formula is C19H20F2N4O2. The Morgan fingerprint density at radius 3 is 2.67 bits per heavy atom. The summed E-state index contributed by atoms with van der Waals surface area (Å²) in [5.41, 5.74) is 1.01. The first kappa shape index (κ1) is 18.8. The molecular weight excluding hydrogens is 354 g/mol. The lowest BCUT2D eigenvalue weighted by atomic mass is 10.2. The molecule has 142 valence electrons. The molecule has 0 unspecified atom stereocenters. The number of hydrogen-bond donors (Lipinski definition) is 1. The van der Waals surface area contributed by atoms with Gasteiger partial charge in [-0.3, -0.25) is 9.89 Å². The Bertz CT molecular complexity index is 906. The van der Waals surface area contributed by atoms with Gasteiger partial charge in [0.15, 0.2) is 11.5 Å². The lowest BCUT2D eigenvalue weighted by molar-refractivity contribution is 0.0724. The summed E-state index contributed by atoms with van der Waals surface area (Å²) in [5, 5.41) is 6.82. The summed E-state index contributed by atoms with van der Waals surface area (Å²) in [7, 11) is 3.76. The van der Waals surface area contributed by atoms with Crippen LogP contribution in [-0.4, -0.2) is 53.1 Å². The first-order chi connectivity index (χ1) is 12.9. The molecule has 1 N–H and O–H groups in total. The lowest BCUT2D eigenvalue weighted by Gasteiger charge is -2.24. The first-order valence-electron chi connectivity index (χ1n) is 8.41. The summed E-state index contributed by atoms with van der Waals surface area (Å²) in [5.74, 6) is -1.13. The number of hydrogen-bond acceptors (Lipinski definition) is 4. The minimum Gasteiger partial charge on any atom is -0.463 e. The number of rotatable bonds is 7. The van der Waals surface area contributed by atoms with E-state index in [1.54, 1.807) is 18.2 Å². The predicted molar refractivity (Wildman–Crippen MR) is 95.9 cm³/mol. The van der Waals surface area contributed by atoms with Crippen molar-refractivity contribution in [3.05, 3.63) is 65.6 Å². The maximum Gasteiger partial charge on any atom is 0.274 e. The highest BCUT2D eigenvalue weighted by Gasteiger charge is 2.21. The summed E-state index contributed by atoms with van der Waals surface area (Å²) in [4.78, 5) is 16.3. The van der Waals surface area contributed by atoms with Crippen LogP contribution in [0.5, 0.6) is 0 Å². The summed E-state index contributed by atoms with van der Waals surface area (Å²) < 4.78 is 32.5. The van der Waals surface area contributed by atoms with Crippen molar-refractivity contribution in [2.45, 2.75) is 6.54 Å². The van der Waals surface area contributed by atoms with Gasteiger partial charge in [0.1, 0.15) is 17.3 Å². The Hall–Kier alpha value is -3.00. The molecule has 0 spiro atoms. The second-order valence-electron chi connectivity index (χ2n) is 6.41. The van der Waals surface area contributed by atoms with E-state index in [0.29, 0.717) is 24.5 Å². The van der Waals surface area contributed by atoms with Gasteiger partial charge in [0, 0.05) is 37.3 Å². The molecule has 0 saturated carbocycles. The van der Waals surface area contributed by atoms with E-state index in [1.807, 2.05) is 19.0 Å². The van der Waals surface area contributed by atoms with Crippen LogP contribution < -0.4 is 0 Å². The van der Waals surface area contributed by atoms with E-state index < -0.39 is 11.6 Å². The van der Waals surface area contributed by atoms with Crippen LogP contribution >= 0.6 is 0 Å². The Morgan fingerprint density at radius 1 is 1.19 bits per heavy atom. The number of carbonyl (C=O) groups is 1. The molecule has 2 heterocycles. The van der Waals surface area contributed by atoms with Crippen LogP contribution in [0.15, 0.2) is 47.1 Å². The number of aromatic nitrogens is 2. The second kappa shape index (κ2) is 8.13. The number of amides is 1. The van der Waals surface area contributed by atoms with Crippen molar-refractivity contribution in [1.29, 1.82) is 0 Å². The number of aromatic amines is 1. The molecule has 8 heteroatoms. The maximum absolute atomic E-state index is 14.0. The monoisotopic (exact) mass is 374 g/mol. The number of carbonyl (C=O) groups excluding carboxylic acids is 1. The van der Waals surface area contributed by atoms with Crippen molar-refractivity contribution in [2.75, 3.05) is 27.2 Å². The van der Waals surface area contributed by atoms with E-state index in [-0.39, 0.29) is 23.7 Å². The average Bonchev–Trinajstić information content (AvgIpc) is 3.30. The number of nitrogens with one attached hydrogen (secondary N) is 1. The number of benzene rings is 1. The van der Waals surface area contributed by atoms with E-state index in [9.17, 15) is 13.6 Å². The van der Waals surface area contributed by atoms with Crippen LogP contribution in [-0.2, 0) is 6.54 Å². The summed E-state index contributed by atoms with van der Waals surface area (Å²) in [6.07, 6.45) is 1.53. The maximum atomic E-state index is 14.0. The third-order valence-electron chi connectivity index (χ3n) is 4.06. The summed E-state index contributed by atoms with van der Waals surface area (Å²) >= 11 is 0. The Labute approximate surface area is 155 Å². The zero-order valence-electron chi connectivity index (χ0n) is 15.1. The molecule has 1 amide bonds. The molecule has 0 atom stereocenters. The minimum atomic E-state index is -0.684. The lowest BCUT2D eigenvalue weighted by Crippen LogP contribution is -2.36. The number of furan rings is 1. The largest absolute Gasteiger partial charge is 0.463 e. The third kappa shape index (κ3) is 4.59. The van der Waals surface area contributed by atoms with E-state index >= 15 is 0 Å². The van der Waals surface area contributed by atoms with Gasteiger partial charge < -0.3 is 14.2 Å². The van der Waals surface area contributed by atoms with E-state index in [1.165, 1.54) is 23.3 Å². The van der Waals surface area contributed by atoms with Crippen molar-refractivity contribution in [3.63, 3.8) is 0 Å². The highest BCUT2D eigenvalue weighted by atomic mass is 19.1. The van der Waals surface area contributed by atoms with Crippen LogP contribution in [0.3, 0.4) is 0 Å². The van der Waals surface area contributed by atoms with Gasteiger partial charge in [-0.05, 0) is 32.3 Å². The van der Waals surface area contributed by atoms with Crippen molar-refractivity contribution >= 4 is 5.91 Å². The average molecular weight is 374 g/mol. The number of halogens is 2. The standard InChI is InChI=1S/C19H20F2N4O2/c1-24(2)7-8-25(12-13-5-6-14(20)10-15(13)21)19(26)17-11-16(22-23-17)18-4-3-9-27-18/h3-6,9-11H,7-8,12H2,1-2H3,(H,22,23). The van der Waals surface area contributed by atoms with E-state index in [2.05, 4.69) is 10.2 Å². The minimum absolute atomic E-state index is 0.0156. The number of H-pyrrole nitrogens is 1. The predicted octanol–water partition coefficient (Wildman–Crippen LogP) is 3.15. The molecule has 0 bridgehead atoms. The van der Waals surface area contributed by atoms with Gasteiger partial charge in [0.25, 0.3) is 5.91 Å². The van der Waals surface area contributed by atoms with Crippen LogP contribution in [0.25, 0.3) is 11.5 Å². The van der Waals surface area contributed by atoms with Gasteiger partial charge in [-0.15, -0.1) is 0 Å². The third-order valence-corrected chi connectivity index (χ3v) is 4.06. The van der Waals surface area contributed by atoms with Crippen molar-refractivity contribution in [2.24, 2.45) is 0 Å². The molecule has 3 rings (SSSR count).